The van der Waals surface area contributed by atoms with Crippen molar-refractivity contribution in [1.29, 1.82) is 0 Å². The summed E-state index contributed by atoms with van der Waals surface area (Å²) in [7, 11) is 2.13. The highest BCUT2D eigenvalue weighted by Gasteiger charge is 2.26. The predicted octanol–water partition coefficient (Wildman–Crippen LogP) is 1.64. The third kappa shape index (κ3) is 3.35. The van der Waals surface area contributed by atoms with Crippen molar-refractivity contribution in [3.8, 4) is 0 Å². The smallest absolute Gasteiger partial charge is 0.225 e. The van der Waals surface area contributed by atoms with Crippen LogP contribution in [0.3, 0.4) is 0 Å². The fraction of sp³-hybridized carbons (Fsp3) is 0.750. The molecule has 2 heterocycles. The van der Waals surface area contributed by atoms with E-state index in [1.807, 2.05) is 6.20 Å². The Balaban J connectivity index is 1.72. The predicted molar refractivity (Wildman–Crippen MR) is 83.6 cm³/mol. The fourth-order valence-corrected chi connectivity index (χ4v) is 3.55. The van der Waals surface area contributed by atoms with E-state index in [0.29, 0.717) is 12.0 Å². The van der Waals surface area contributed by atoms with Crippen molar-refractivity contribution >= 4 is 5.95 Å². The van der Waals surface area contributed by atoms with E-state index in [9.17, 15) is 5.11 Å². The van der Waals surface area contributed by atoms with Crippen LogP contribution in [0.5, 0.6) is 0 Å². The lowest BCUT2D eigenvalue weighted by Gasteiger charge is -2.39. The van der Waals surface area contributed by atoms with Gasteiger partial charge in [-0.2, -0.15) is 0 Å². The van der Waals surface area contributed by atoms with Gasteiger partial charge in [0.05, 0.1) is 0 Å². The van der Waals surface area contributed by atoms with Crippen molar-refractivity contribution in [2.75, 3.05) is 38.2 Å². The molecule has 1 aliphatic heterocycles. The molecule has 1 atom stereocenters. The van der Waals surface area contributed by atoms with Gasteiger partial charge in [-0.3, -0.25) is 4.90 Å². The maximum absolute atomic E-state index is 9.20. The summed E-state index contributed by atoms with van der Waals surface area (Å²) < 4.78 is 0. The Kier molecular flexibility index (Phi) is 4.70. The normalized spacial score (nSPS) is 24.7. The second kappa shape index (κ2) is 6.71. The summed E-state index contributed by atoms with van der Waals surface area (Å²) in [5.74, 6) is 1.50. The van der Waals surface area contributed by atoms with Crippen molar-refractivity contribution in [1.82, 2.24) is 14.9 Å². The van der Waals surface area contributed by atoms with Gasteiger partial charge in [0.1, 0.15) is 0 Å². The summed E-state index contributed by atoms with van der Waals surface area (Å²) in [6.45, 7) is 3.12. The molecule has 0 bridgehead atoms. The largest absolute Gasteiger partial charge is 0.396 e. The molecule has 116 valence electrons. The van der Waals surface area contributed by atoms with E-state index < -0.39 is 0 Å². The maximum Gasteiger partial charge on any atom is 0.225 e. The first-order chi connectivity index (χ1) is 10.3. The SMILES string of the molecule is CN1CCN(c2nccc(C3CCCC3)n2)C[C@@H]1CCO. The summed E-state index contributed by atoms with van der Waals surface area (Å²) in [5.41, 5.74) is 1.22. The molecule has 5 heteroatoms. The molecule has 1 aromatic rings. The average Bonchev–Trinajstić information content (AvgIpc) is 3.04. The van der Waals surface area contributed by atoms with E-state index >= 15 is 0 Å². The Labute approximate surface area is 127 Å². The Bertz CT molecular complexity index is 461. The topological polar surface area (TPSA) is 52.5 Å². The Morgan fingerprint density at radius 3 is 2.86 bits per heavy atom. The molecule has 21 heavy (non-hydrogen) atoms. The van der Waals surface area contributed by atoms with Crippen LogP contribution in [0.1, 0.15) is 43.7 Å². The minimum absolute atomic E-state index is 0.242. The molecule has 5 nitrogen and oxygen atoms in total. The molecule has 0 aromatic carbocycles. The van der Waals surface area contributed by atoms with E-state index in [4.69, 9.17) is 4.98 Å². The molecule has 0 spiro atoms. The summed E-state index contributed by atoms with van der Waals surface area (Å²) in [6, 6.07) is 2.48. The van der Waals surface area contributed by atoms with Crippen LogP contribution in [0.4, 0.5) is 5.95 Å². The minimum atomic E-state index is 0.242. The van der Waals surface area contributed by atoms with Gasteiger partial charge in [-0.25, -0.2) is 9.97 Å². The van der Waals surface area contributed by atoms with Crippen molar-refractivity contribution in [2.24, 2.45) is 0 Å². The van der Waals surface area contributed by atoms with Gasteiger partial charge >= 0.3 is 0 Å². The Hall–Kier alpha value is -1.20. The first kappa shape index (κ1) is 14.7. The van der Waals surface area contributed by atoms with Crippen LogP contribution < -0.4 is 4.90 Å². The maximum atomic E-state index is 9.20. The molecular weight excluding hydrogens is 264 g/mol. The van der Waals surface area contributed by atoms with Gasteiger partial charge in [0.2, 0.25) is 5.95 Å². The molecular formula is C16H26N4O. The van der Waals surface area contributed by atoms with Crippen LogP contribution in [-0.4, -0.2) is 59.3 Å². The van der Waals surface area contributed by atoms with E-state index in [0.717, 1.165) is 32.0 Å². The van der Waals surface area contributed by atoms with E-state index in [1.54, 1.807) is 0 Å². The van der Waals surface area contributed by atoms with E-state index in [1.165, 1.54) is 31.4 Å². The van der Waals surface area contributed by atoms with Gasteiger partial charge in [-0.1, -0.05) is 12.8 Å². The molecule has 0 unspecified atom stereocenters. The van der Waals surface area contributed by atoms with Crippen LogP contribution in [-0.2, 0) is 0 Å². The molecule has 1 saturated heterocycles. The van der Waals surface area contributed by atoms with E-state index in [-0.39, 0.29) is 6.61 Å². The van der Waals surface area contributed by atoms with Crippen LogP contribution in [0.2, 0.25) is 0 Å². The molecule has 1 N–H and O–H groups in total. The molecule has 2 aliphatic rings. The lowest BCUT2D eigenvalue weighted by Crippen LogP contribution is -2.52. The monoisotopic (exact) mass is 290 g/mol. The zero-order valence-electron chi connectivity index (χ0n) is 12.9. The van der Waals surface area contributed by atoms with Crippen molar-refractivity contribution < 1.29 is 5.11 Å². The number of aliphatic hydroxyl groups excluding tert-OH is 1. The number of rotatable bonds is 4. The average molecular weight is 290 g/mol. The minimum Gasteiger partial charge on any atom is -0.396 e. The molecule has 0 radical (unpaired) electrons. The third-order valence-corrected chi connectivity index (χ3v) is 4.96. The molecule has 0 amide bonds. The van der Waals surface area contributed by atoms with Crippen molar-refractivity contribution in [3.05, 3.63) is 18.0 Å². The summed E-state index contributed by atoms with van der Waals surface area (Å²) in [5, 5.41) is 9.20. The number of nitrogens with zero attached hydrogens (tertiary/aromatic N) is 4. The van der Waals surface area contributed by atoms with Gasteiger partial charge in [-0.15, -0.1) is 0 Å². The third-order valence-electron chi connectivity index (χ3n) is 4.96. The molecule has 2 fully saturated rings. The Morgan fingerprint density at radius 1 is 1.29 bits per heavy atom. The first-order valence-corrected chi connectivity index (χ1v) is 8.17. The number of hydrogen-bond acceptors (Lipinski definition) is 5. The number of hydrogen-bond donors (Lipinski definition) is 1. The first-order valence-electron chi connectivity index (χ1n) is 8.17. The zero-order chi connectivity index (χ0) is 14.7. The molecule has 1 saturated carbocycles. The second-order valence-electron chi connectivity index (χ2n) is 6.36. The number of anilines is 1. The quantitative estimate of drug-likeness (QED) is 0.913. The second-order valence-corrected chi connectivity index (χ2v) is 6.36. The summed E-state index contributed by atoms with van der Waals surface area (Å²) in [6.07, 6.45) is 7.93. The summed E-state index contributed by atoms with van der Waals surface area (Å²) in [4.78, 5) is 13.9. The highest BCUT2D eigenvalue weighted by atomic mass is 16.3. The van der Waals surface area contributed by atoms with Crippen LogP contribution >= 0.6 is 0 Å². The molecule has 1 aromatic heterocycles. The highest BCUT2D eigenvalue weighted by molar-refractivity contribution is 5.32. The molecule has 3 rings (SSSR count). The van der Waals surface area contributed by atoms with Crippen LogP contribution in [0.15, 0.2) is 12.3 Å². The Morgan fingerprint density at radius 2 is 2.10 bits per heavy atom. The van der Waals surface area contributed by atoms with Crippen LogP contribution in [0.25, 0.3) is 0 Å². The summed E-state index contributed by atoms with van der Waals surface area (Å²) >= 11 is 0. The number of aromatic nitrogens is 2. The van der Waals surface area contributed by atoms with Gasteiger partial charge in [0.15, 0.2) is 0 Å². The number of likely N-dealkylation sites (N-methyl/N-ethyl adjacent to an activating group) is 1. The highest BCUT2D eigenvalue weighted by Crippen LogP contribution is 2.33. The lowest BCUT2D eigenvalue weighted by molar-refractivity contribution is 0.170. The zero-order valence-corrected chi connectivity index (χ0v) is 12.9. The van der Waals surface area contributed by atoms with Crippen LogP contribution in [0, 0.1) is 0 Å². The van der Waals surface area contributed by atoms with E-state index in [2.05, 4.69) is 27.9 Å². The van der Waals surface area contributed by atoms with Crippen molar-refractivity contribution in [2.45, 2.75) is 44.1 Å². The fourth-order valence-electron chi connectivity index (χ4n) is 3.55. The van der Waals surface area contributed by atoms with Gasteiger partial charge in [-0.05, 0) is 32.4 Å². The number of aliphatic hydroxyl groups is 1. The number of piperazine rings is 1. The van der Waals surface area contributed by atoms with Gasteiger partial charge in [0, 0.05) is 50.1 Å². The molecule has 1 aliphatic carbocycles. The van der Waals surface area contributed by atoms with Gasteiger partial charge < -0.3 is 10.0 Å². The van der Waals surface area contributed by atoms with Crippen molar-refractivity contribution in [3.63, 3.8) is 0 Å². The lowest BCUT2D eigenvalue weighted by atomic mass is 10.0. The van der Waals surface area contributed by atoms with Gasteiger partial charge in [0.25, 0.3) is 0 Å². The standard InChI is InChI=1S/C16H26N4O/c1-19-9-10-20(12-14(19)7-11-21)16-17-8-6-15(18-16)13-4-2-3-5-13/h6,8,13-14,21H,2-5,7,9-12H2,1H3/t14-/m0/s1.